The fourth-order valence-electron chi connectivity index (χ4n) is 5.78. The molecule has 1 heterocycles. The largest absolute Gasteiger partial charge is 0.240 e. The Morgan fingerprint density at radius 3 is 1.88 bits per heavy atom. The van der Waals surface area contributed by atoms with E-state index in [0.29, 0.717) is 11.8 Å². The van der Waals surface area contributed by atoms with Crippen LogP contribution in [0, 0.1) is 5.92 Å². The summed E-state index contributed by atoms with van der Waals surface area (Å²) in [5.74, 6) is 2.09. The molecular weight excluding hydrogens is 412 g/mol. The third-order valence-corrected chi connectivity index (χ3v) is 7.84. The van der Waals surface area contributed by atoms with Gasteiger partial charge in [0, 0.05) is 18.3 Å². The van der Waals surface area contributed by atoms with Crippen LogP contribution >= 0.6 is 0 Å². The van der Waals surface area contributed by atoms with Gasteiger partial charge in [0.15, 0.2) is 0 Å². The summed E-state index contributed by atoms with van der Waals surface area (Å²) in [4.78, 5) is 9.85. The third-order valence-electron chi connectivity index (χ3n) is 7.84. The molecule has 2 unspecified atom stereocenters. The first-order chi connectivity index (χ1) is 16.8. The fraction of sp³-hybridized carbons (Fsp3) is 0.688. The van der Waals surface area contributed by atoms with Crippen LogP contribution in [0.5, 0.6) is 0 Å². The van der Waals surface area contributed by atoms with E-state index in [1.54, 1.807) is 0 Å². The van der Waals surface area contributed by atoms with Crippen molar-refractivity contribution in [3.8, 4) is 0 Å². The summed E-state index contributed by atoms with van der Waals surface area (Å²) >= 11 is 0. The van der Waals surface area contributed by atoms with E-state index in [-0.39, 0.29) is 0 Å². The summed E-state index contributed by atoms with van der Waals surface area (Å²) in [5, 5.41) is 0. The van der Waals surface area contributed by atoms with Crippen LogP contribution in [0.2, 0.25) is 0 Å². The number of hydrogen-bond acceptors (Lipinski definition) is 2. The lowest BCUT2D eigenvalue weighted by molar-refractivity contribution is 0.424. The molecule has 0 saturated carbocycles. The quantitative estimate of drug-likeness (QED) is 0.206. The molecule has 2 nitrogen and oxygen atoms in total. The predicted molar refractivity (Wildman–Crippen MR) is 146 cm³/mol. The van der Waals surface area contributed by atoms with E-state index in [4.69, 9.17) is 9.97 Å². The Hall–Kier alpha value is -1.70. The molecule has 0 amide bonds. The molecule has 0 aliphatic heterocycles. The van der Waals surface area contributed by atoms with Crippen molar-refractivity contribution in [3.05, 3.63) is 59.2 Å². The molecule has 2 atom stereocenters. The standard InChI is InChI=1S/C32H50N2/c1-3-5-7-9-11-12-13-14-16-20-27-25-33-32(34-26-27)31-29(22-17-15-10-8-6-4-2)24-28-21-18-19-23-30(28)31/h18-19,21,23,25-26,29,31H,3-17,20,22,24H2,1-2H3. The summed E-state index contributed by atoms with van der Waals surface area (Å²) in [7, 11) is 0. The van der Waals surface area contributed by atoms with Crippen molar-refractivity contribution in [2.45, 2.75) is 135 Å². The number of aromatic nitrogens is 2. The average Bonchev–Trinajstić information content (AvgIpc) is 3.24. The Morgan fingerprint density at radius 2 is 1.24 bits per heavy atom. The van der Waals surface area contributed by atoms with Crippen LogP contribution in [0.25, 0.3) is 0 Å². The maximum Gasteiger partial charge on any atom is 0.135 e. The van der Waals surface area contributed by atoms with Crippen LogP contribution < -0.4 is 0 Å². The van der Waals surface area contributed by atoms with Gasteiger partial charge in [0.1, 0.15) is 5.82 Å². The van der Waals surface area contributed by atoms with Crippen LogP contribution in [0.15, 0.2) is 36.7 Å². The van der Waals surface area contributed by atoms with Crippen molar-refractivity contribution in [2.75, 3.05) is 0 Å². The second-order valence-corrected chi connectivity index (χ2v) is 10.7. The molecule has 1 aromatic carbocycles. The monoisotopic (exact) mass is 462 g/mol. The van der Waals surface area contributed by atoms with Gasteiger partial charge >= 0.3 is 0 Å². The van der Waals surface area contributed by atoms with Gasteiger partial charge in [-0.2, -0.15) is 0 Å². The molecule has 0 N–H and O–H groups in total. The Kier molecular flexibility index (Phi) is 12.7. The van der Waals surface area contributed by atoms with Crippen molar-refractivity contribution in [3.63, 3.8) is 0 Å². The van der Waals surface area contributed by atoms with Crippen molar-refractivity contribution in [2.24, 2.45) is 5.92 Å². The Labute approximate surface area is 210 Å². The average molecular weight is 463 g/mol. The van der Waals surface area contributed by atoms with Gasteiger partial charge in [-0.15, -0.1) is 0 Å². The Morgan fingerprint density at radius 1 is 0.676 bits per heavy atom. The molecule has 1 aromatic heterocycles. The molecule has 1 aliphatic carbocycles. The lowest BCUT2D eigenvalue weighted by Crippen LogP contribution is -2.13. The highest BCUT2D eigenvalue weighted by atomic mass is 14.9. The molecule has 0 fully saturated rings. The van der Waals surface area contributed by atoms with Gasteiger partial charge < -0.3 is 0 Å². The Bertz CT molecular complexity index is 782. The van der Waals surface area contributed by atoms with Gasteiger partial charge in [-0.05, 0) is 48.3 Å². The summed E-state index contributed by atoms with van der Waals surface area (Å²) in [5.41, 5.74) is 4.31. The van der Waals surface area contributed by atoms with Crippen molar-refractivity contribution < 1.29 is 0 Å². The highest BCUT2D eigenvalue weighted by Gasteiger charge is 2.34. The molecule has 188 valence electrons. The molecule has 3 rings (SSSR count). The third kappa shape index (κ3) is 8.82. The number of fused-ring (bicyclic) bond motifs is 1. The zero-order valence-corrected chi connectivity index (χ0v) is 22.2. The van der Waals surface area contributed by atoms with E-state index >= 15 is 0 Å². The molecule has 1 aliphatic rings. The maximum absolute atomic E-state index is 4.92. The minimum atomic E-state index is 0.383. The number of rotatable bonds is 18. The van der Waals surface area contributed by atoms with E-state index in [0.717, 1.165) is 12.2 Å². The molecule has 0 spiro atoms. The molecular formula is C32H50N2. The second kappa shape index (κ2) is 16.1. The first kappa shape index (κ1) is 26.9. The van der Waals surface area contributed by atoms with E-state index in [1.165, 1.54) is 126 Å². The first-order valence-electron chi connectivity index (χ1n) is 14.7. The number of unbranched alkanes of at least 4 members (excludes halogenated alkanes) is 13. The predicted octanol–water partition coefficient (Wildman–Crippen LogP) is 9.60. The Balaban J connectivity index is 1.45. The van der Waals surface area contributed by atoms with Gasteiger partial charge in [0.2, 0.25) is 0 Å². The highest BCUT2D eigenvalue weighted by molar-refractivity contribution is 5.40. The van der Waals surface area contributed by atoms with E-state index < -0.39 is 0 Å². The van der Waals surface area contributed by atoms with E-state index in [1.807, 2.05) is 0 Å². The first-order valence-corrected chi connectivity index (χ1v) is 14.7. The molecule has 2 aromatic rings. The van der Waals surface area contributed by atoms with Crippen LogP contribution in [0.1, 0.15) is 145 Å². The molecule has 2 heteroatoms. The van der Waals surface area contributed by atoms with Crippen LogP contribution in [0.4, 0.5) is 0 Å². The normalized spacial score (nSPS) is 17.2. The summed E-state index contributed by atoms with van der Waals surface area (Å²) in [6.07, 6.45) is 28.5. The number of benzene rings is 1. The lowest BCUT2D eigenvalue weighted by Gasteiger charge is -2.19. The van der Waals surface area contributed by atoms with E-state index in [9.17, 15) is 0 Å². The SMILES string of the molecule is CCCCCCCCCCCc1cnc(C2c3ccccc3CC2CCCCCCCC)nc1. The summed E-state index contributed by atoms with van der Waals surface area (Å²) < 4.78 is 0. The van der Waals surface area contributed by atoms with Crippen LogP contribution in [-0.2, 0) is 12.8 Å². The lowest BCUT2D eigenvalue weighted by atomic mass is 9.87. The van der Waals surface area contributed by atoms with Crippen molar-refractivity contribution in [1.29, 1.82) is 0 Å². The maximum atomic E-state index is 4.92. The van der Waals surface area contributed by atoms with Gasteiger partial charge in [-0.3, -0.25) is 0 Å². The second-order valence-electron chi connectivity index (χ2n) is 10.7. The minimum absolute atomic E-state index is 0.383. The van der Waals surface area contributed by atoms with E-state index in [2.05, 4.69) is 50.5 Å². The number of hydrogen-bond donors (Lipinski definition) is 0. The van der Waals surface area contributed by atoms with Crippen LogP contribution in [-0.4, -0.2) is 9.97 Å². The fourth-order valence-corrected chi connectivity index (χ4v) is 5.78. The van der Waals surface area contributed by atoms with Crippen molar-refractivity contribution >= 4 is 0 Å². The molecule has 0 radical (unpaired) electrons. The topological polar surface area (TPSA) is 25.8 Å². The van der Waals surface area contributed by atoms with Crippen molar-refractivity contribution in [1.82, 2.24) is 9.97 Å². The van der Waals surface area contributed by atoms with Gasteiger partial charge in [-0.1, -0.05) is 128 Å². The zero-order chi connectivity index (χ0) is 23.8. The molecule has 0 bridgehead atoms. The zero-order valence-electron chi connectivity index (χ0n) is 22.2. The summed E-state index contributed by atoms with van der Waals surface area (Å²) in [6, 6.07) is 9.03. The number of aryl methyl sites for hydroxylation is 1. The van der Waals surface area contributed by atoms with Gasteiger partial charge in [0.05, 0.1) is 0 Å². The smallest absolute Gasteiger partial charge is 0.135 e. The van der Waals surface area contributed by atoms with Crippen LogP contribution in [0.3, 0.4) is 0 Å². The highest BCUT2D eigenvalue weighted by Crippen LogP contribution is 2.43. The summed E-state index contributed by atoms with van der Waals surface area (Å²) in [6.45, 7) is 4.58. The van der Waals surface area contributed by atoms with Gasteiger partial charge in [0.25, 0.3) is 0 Å². The number of nitrogens with zero attached hydrogens (tertiary/aromatic N) is 2. The minimum Gasteiger partial charge on any atom is -0.240 e. The van der Waals surface area contributed by atoms with Gasteiger partial charge in [-0.25, -0.2) is 9.97 Å². The molecule has 0 saturated heterocycles. The molecule has 34 heavy (non-hydrogen) atoms.